The van der Waals surface area contributed by atoms with E-state index >= 15 is 0 Å². The van der Waals surface area contributed by atoms with Crippen molar-refractivity contribution in [1.29, 1.82) is 0 Å². The number of aryl methyl sites for hydroxylation is 2. The van der Waals surface area contributed by atoms with Crippen LogP contribution < -0.4 is 4.72 Å². The van der Waals surface area contributed by atoms with Gasteiger partial charge in [-0.15, -0.1) is 0 Å². The molecule has 0 spiro atoms. The molecule has 0 bridgehead atoms. The van der Waals surface area contributed by atoms with Crippen molar-refractivity contribution in [3.63, 3.8) is 0 Å². The van der Waals surface area contributed by atoms with Crippen LogP contribution in [0, 0.1) is 6.92 Å². The van der Waals surface area contributed by atoms with Gasteiger partial charge < -0.3 is 0 Å². The summed E-state index contributed by atoms with van der Waals surface area (Å²) in [5.41, 5.74) is 2.58. The Kier molecular flexibility index (Phi) is 4.50. The third-order valence-corrected chi connectivity index (χ3v) is 7.32. The lowest BCUT2D eigenvalue weighted by molar-refractivity contribution is 0.565. The largest absolute Gasteiger partial charge is 0.224 e. The Morgan fingerprint density at radius 1 is 1.08 bits per heavy atom. The first-order valence-electron chi connectivity index (χ1n) is 7.64. The molecule has 1 N–H and O–H groups in total. The fraction of sp³-hybridized carbons (Fsp3) is 0.294. The smallest absolute Gasteiger partial charge is 0.212 e. The van der Waals surface area contributed by atoms with Crippen molar-refractivity contribution < 1.29 is 16.8 Å². The molecule has 0 saturated carbocycles. The molecule has 1 aliphatic rings. The molecule has 24 heavy (non-hydrogen) atoms. The van der Waals surface area contributed by atoms with Crippen LogP contribution in [0.25, 0.3) is 0 Å². The van der Waals surface area contributed by atoms with Gasteiger partial charge in [0.25, 0.3) is 0 Å². The number of rotatable bonds is 5. The van der Waals surface area contributed by atoms with Gasteiger partial charge in [-0.1, -0.05) is 48.0 Å². The summed E-state index contributed by atoms with van der Waals surface area (Å²) in [6, 6.07) is 13.5. The van der Waals surface area contributed by atoms with Gasteiger partial charge in [0.2, 0.25) is 10.0 Å². The third-order valence-electron chi connectivity index (χ3n) is 4.12. The van der Waals surface area contributed by atoms with Crippen LogP contribution in [0.1, 0.15) is 22.7 Å². The molecule has 0 aromatic heterocycles. The summed E-state index contributed by atoms with van der Waals surface area (Å²) < 4.78 is 51.5. The van der Waals surface area contributed by atoms with Gasteiger partial charge in [0.05, 0.1) is 22.4 Å². The Morgan fingerprint density at radius 3 is 2.46 bits per heavy atom. The number of hydrogen-bond donors (Lipinski definition) is 1. The van der Waals surface area contributed by atoms with E-state index in [0.717, 1.165) is 11.1 Å². The highest BCUT2D eigenvalue weighted by atomic mass is 32.2. The minimum Gasteiger partial charge on any atom is -0.224 e. The van der Waals surface area contributed by atoms with Gasteiger partial charge in [-0.2, -0.15) is 0 Å². The molecule has 2 aromatic rings. The summed E-state index contributed by atoms with van der Waals surface area (Å²) in [4.78, 5) is 0.219. The zero-order valence-electron chi connectivity index (χ0n) is 13.3. The molecule has 0 saturated heterocycles. The fourth-order valence-corrected chi connectivity index (χ4v) is 5.94. The summed E-state index contributed by atoms with van der Waals surface area (Å²) in [6.07, 6.45) is 0.386. The van der Waals surface area contributed by atoms with E-state index in [4.69, 9.17) is 0 Å². The van der Waals surface area contributed by atoms with Crippen molar-refractivity contribution in [3.05, 3.63) is 65.2 Å². The maximum atomic E-state index is 12.3. The lowest BCUT2D eigenvalue weighted by atomic mass is 10.1. The minimum absolute atomic E-state index is 0.0746. The number of fused-ring (bicyclic) bond motifs is 1. The lowest BCUT2D eigenvalue weighted by Gasteiger charge is -2.13. The molecule has 7 heteroatoms. The van der Waals surface area contributed by atoms with Crippen molar-refractivity contribution in [1.82, 2.24) is 4.72 Å². The van der Waals surface area contributed by atoms with Gasteiger partial charge in [-0.05, 0) is 30.5 Å². The molecule has 1 heterocycles. The van der Waals surface area contributed by atoms with Gasteiger partial charge in [-0.3, -0.25) is 0 Å². The summed E-state index contributed by atoms with van der Waals surface area (Å²) >= 11 is 0. The minimum atomic E-state index is -3.58. The van der Waals surface area contributed by atoms with Crippen LogP contribution in [-0.4, -0.2) is 28.3 Å². The van der Waals surface area contributed by atoms with E-state index in [-0.39, 0.29) is 16.4 Å². The molecule has 0 radical (unpaired) electrons. The maximum Gasteiger partial charge on any atom is 0.212 e. The van der Waals surface area contributed by atoms with Crippen molar-refractivity contribution in [3.8, 4) is 0 Å². The standard InChI is InChI=1S/C17H19NO4S2/c1-13-6-8-14(9-7-13)10-11-24(21,22)18-16-12-23(19,20)17-5-3-2-4-15(16)17/h2-9,16,18H,10-12H2,1H3. The molecule has 128 valence electrons. The number of nitrogens with one attached hydrogen (secondary N) is 1. The molecule has 1 atom stereocenters. The molecule has 3 rings (SSSR count). The number of benzene rings is 2. The molecular formula is C17H19NO4S2. The zero-order valence-corrected chi connectivity index (χ0v) is 14.9. The topological polar surface area (TPSA) is 80.3 Å². The van der Waals surface area contributed by atoms with Crippen molar-refractivity contribution >= 4 is 19.9 Å². The average Bonchev–Trinajstić information content (AvgIpc) is 2.78. The number of hydrogen-bond acceptors (Lipinski definition) is 4. The highest BCUT2D eigenvalue weighted by Crippen LogP contribution is 2.33. The molecule has 1 aliphatic heterocycles. The summed E-state index contributed by atoms with van der Waals surface area (Å²) in [6.45, 7) is 1.97. The second kappa shape index (κ2) is 6.31. The first-order chi connectivity index (χ1) is 11.3. The highest BCUT2D eigenvalue weighted by molar-refractivity contribution is 7.92. The predicted octanol–water partition coefficient (Wildman–Crippen LogP) is 1.99. The van der Waals surface area contributed by atoms with E-state index in [0.29, 0.717) is 12.0 Å². The summed E-state index contributed by atoms with van der Waals surface area (Å²) in [7, 11) is -7.01. The van der Waals surface area contributed by atoms with E-state index in [1.54, 1.807) is 18.2 Å². The van der Waals surface area contributed by atoms with Crippen LogP contribution in [0.15, 0.2) is 53.4 Å². The van der Waals surface area contributed by atoms with Crippen LogP contribution >= 0.6 is 0 Å². The molecule has 0 aliphatic carbocycles. The number of sulfone groups is 1. The molecule has 2 aromatic carbocycles. The van der Waals surface area contributed by atoms with Crippen LogP contribution in [0.5, 0.6) is 0 Å². The van der Waals surface area contributed by atoms with E-state index in [1.807, 2.05) is 31.2 Å². The normalized spacial score (nSPS) is 19.1. The average molecular weight is 365 g/mol. The Hall–Kier alpha value is -1.70. The second-order valence-corrected chi connectivity index (χ2v) is 9.92. The molecule has 0 fully saturated rings. The van der Waals surface area contributed by atoms with E-state index in [1.165, 1.54) is 6.07 Å². The van der Waals surface area contributed by atoms with Crippen LogP contribution in [-0.2, 0) is 26.3 Å². The van der Waals surface area contributed by atoms with Gasteiger partial charge >= 0.3 is 0 Å². The highest BCUT2D eigenvalue weighted by Gasteiger charge is 2.36. The van der Waals surface area contributed by atoms with Gasteiger partial charge in [0.1, 0.15) is 0 Å². The van der Waals surface area contributed by atoms with E-state index in [9.17, 15) is 16.8 Å². The quantitative estimate of drug-likeness (QED) is 0.879. The molecular weight excluding hydrogens is 346 g/mol. The maximum absolute atomic E-state index is 12.3. The van der Waals surface area contributed by atoms with Crippen molar-refractivity contribution in [2.75, 3.05) is 11.5 Å². The molecule has 0 amide bonds. The molecule has 1 unspecified atom stereocenters. The fourth-order valence-electron chi connectivity index (χ4n) is 2.83. The molecule has 5 nitrogen and oxygen atoms in total. The third kappa shape index (κ3) is 3.68. The Morgan fingerprint density at radius 2 is 1.75 bits per heavy atom. The number of sulfonamides is 1. The van der Waals surface area contributed by atoms with Crippen molar-refractivity contribution in [2.45, 2.75) is 24.3 Å². The van der Waals surface area contributed by atoms with Crippen LogP contribution in [0.3, 0.4) is 0 Å². The van der Waals surface area contributed by atoms with E-state index in [2.05, 4.69) is 4.72 Å². The van der Waals surface area contributed by atoms with Gasteiger partial charge in [0, 0.05) is 0 Å². The Balaban J connectivity index is 1.72. The first-order valence-corrected chi connectivity index (χ1v) is 10.9. The van der Waals surface area contributed by atoms with Gasteiger partial charge in [-0.25, -0.2) is 21.6 Å². The SMILES string of the molecule is Cc1ccc(CCS(=O)(=O)NC2CS(=O)(=O)c3ccccc32)cc1. The summed E-state index contributed by atoms with van der Waals surface area (Å²) in [5.74, 6) is -0.301. The summed E-state index contributed by atoms with van der Waals surface area (Å²) in [5, 5.41) is 0. The first kappa shape index (κ1) is 17.1. The van der Waals surface area contributed by atoms with E-state index < -0.39 is 25.9 Å². The zero-order chi connectivity index (χ0) is 17.4. The van der Waals surface area contributed by atoms with Crippen LogP contribution in [0.2, 0.25) is 0 Å². The second-order valence-electron chi connectivity index (χ2n) is 6.04. The lowest BCUT2D eigenvalue weighted by Crippen LogP contribution is -2.32. The predicted molar refractivity (Wildman–Crippen MR) is 93.0 cm³/mol. The van der Waals surface area contributed by atoms with Gasteiger partial charge in [0.15, 0.2) is 9.84 Å². The van der Waals surface area contributed by atoms with Crippen LogP contribution in [0.4, 0.5) is 0 Å². The van der Waals surface area contributed by atoms with Crippen molar-refractivity contribution in [2.24, 2.45) is 0 Å². The Labute approximate surface area is 142 Å². The Bertz CT molecular complexity index is 948. The monoisotopic (exact) mass is 365 g/mol.